The van der Waals surface area contributed by atoms with Gasteiger partial charge in [-0.3, -0.25) is 14.4 Å². The average molecular weight is 449 g/mol. The number of sulfonamides is 1. The van der Waals surface area contributed by atoms with Crippen molar-refractivity contribution in [2.24, 2.45) is 5.10 Å². The number of nitrogens with zero attached hydrogens (tertiary/aromatic N) is 3. The number of thiophene rings is 1. The maximum atomic E-state index is 13.1. The van der Waals surface area contributed by atoms with Gasteiger partial charge in [0.2, 0.25) is 10.0 Å². The fourth-order valence-corrected chi connectivity index (χ4v) is 5.04. The van der Waals surface area contributed by atoms with E-state index in [1.54, 1.807) is 28.5 Å². The topological polar surface area (TPSA) is 91.3 Å². The van der Waals surface area contributed by atoms with Crippen LogP contribution in [0.25, 0.3) is 0 Å². The molecule has 0 spiro atoms. The number of carbonyl (C=O) groups excluding carboxylic acids is 1. The van der Waals surface area contributed by atoms with Gasteiger partial charge in [-0.15, -0.1) is 11.3 Å². The zero-order valence-electron chi connectivity index (χ0n) is 16.7. The number of amides is 1. The molecule has 30 heavy (non-hydrogen) atoms. The molecule has 1 amide bonds. The Morgan fingerprint density at radius 3 is 2.70 bits per heavy atom. The van der Waals surface area contributed by atoms with Gasteiger partial charge in [-0.2, -0.15) is 5.10 Å². The Morgan fingerprint density at radius 2 is 2.00 bits per heavy atom. The van der Waals surface area contributed by atoms with Gasteiger partial charge >= 0.3 is 0 Å². The first-order chi connectivity index (χ1) is 14.4. The third kappa shape index (κ3) is 4.89. The molecule has 1 N–H and O–H groups in total. The van der Waals surface area contributed by atoms with E-state index in [4.69, 9.17) is 4.74 Å². The van der Waals surface area contributed by atoms with Crippen LogP contribution >= 0.6 is 11.3 Å². The molecular formula is C20H24N4O4S2. The molecule has 2 aromatic rings. The SMILES string of the molecule is CS(=O)(=O)Nc1ccccc1C1=NN(C(=O)CN2CCOCC2)C(c2cccs2)C1. The molecule has 1 unspecified atom stereocenters. The Morgan fingerprint density at radius 1 is 1.23 bits per heavy atom. The molecule has 0 bridgehead atoms. The fraction of sp³-hybridized carbons (Fsp3) is 0.400. The third-order valence-electron chi connectivity index (χ3n) is 5.03. The number of hydrogen-bond acceptors (Lipinski definition) is 7. The van der Waals surface area contributed by atoms with E-state index in [1.807, 2.05) is 29.6 Å². The zero-order valence-corrected chi connectivity index (χ0v) is 18.3. The molecule has 10 heteroatoms. The number of benzene rings is 1. The molecule has 2 aliphatic heterocycles. The van der Waals surface area contributed by atoms with Crippen LogP contribution in [0.5, 0.6) is 0 Å². The van der Waals surface area contributed by atoms with Gasteiger partial charge in [-0.05, 0) is 17.5 Å². The predicted molar refractivity (Wildman–Crippen MR) is 117 cm³/mol. The summed E-state index contributed by atoms with van der Waals surface area (Å²) in [4.78, 5) is 16.3. The summed E-state index contributed by atoms with van der Waals surface area (Å²) in [6.45, 7) is 2.98. The van der Waals surface area contributed by atoms with Crippen LogP contribution in [0, 0.1) is 0 Å². The number of nitrogens with one attached hydrogen (secondary N) is 1. The van der Waals surface area contributed by atoms with Gasteiger partial charge in [0.15, 0.2) is 0 Å². The largest absolute Gasteiger partial charge is 0.379 e. The lowest BCUT2D eigenvalue weighted by Gasteiger charge is -2.28. The van der Waals surface area contributed by atoms with Crippen LogP contribution in [0.1, 0.15) is 22.9 Å². The van der Waals surface area contributed by atoms with Gasteiger partial charge < -0.3 is 4.74 Å². The number of hydrazone groups is 1. The summed E-state index contributed by atoms with van der Waals surface area (Å²) in [5, 5.41) is 8.21. The minimum Gasteiger partial charge on any atom is -0.379 e. The highest BCUT2D eigenvalue weighted by atomic mass is 32.2. The summed E-state index contributed by atoms with van der Waals surface area (Å²) in [7, 11) is -3.44. The molecule has 1 aromatic carbocycles. The van der Waals surface area contributed by atoms with Crippen LogP contribution < -0.4 is 4.72 Å². The number of hydrogen-bond donors (Lipinski definition) is 1. The van der Waals surface area contributed by atoms with E-state index in [2.05, 4.69) is 14.7 Å². The predicted octanol–water partition coefficient (Wildman–Crippen LogP) is 2.13. The summed E-state index contributed by atoms with van der Waals surface area (Å²) in [5.74, 6) is -0.0705. The van der Waals surface area contributed by atoms with Crippen molar-refractivity contribution in [3.05, 3.63) is 52.2 Å². The molecule has 3 heterocycles. The van der Waals surface area contributed by atoms with Crippen LogP contribution in [0.2, 0.25) is 0 Å². The minimum absolute atomic E-state index is 0.0705. The van der Waals surface area contributed by atoms with Crippen molar-refractivity contribution in [1.82, 2.24) is 9.91 Å². The van der Waals surface area contributed by atoms with Crippen molar-refractivity contribution in [3.63, 3.8) is 0 Å². The van der Waals surface area contributed by atoms with Gasteiger partial charge in [-0.25, -0.2) is 13.4 Å². The first kappa shape index (κ1) is 21.0. The van der Waals surface area contributed by atoms with Gasteiger partial charge in [0.05, 0.1) is 43.5 Å². The van der Waals surface area contributed by atoms with E-state index in [-0.39, 0.29) is 18.5 Å². The number of para-hydroxylation sites is 1. The summed E-state index contributed by atoms with van der Waals surface area (Å²) >= 11 is 1.59. The Bertz CT molecular complexity index is 1030. The number of morpholine rings is 1. The van der Waals surface area contributed by atoms with Crippen molar-refractivity contribution in [1.29, 1.82) is 0 Å². The van der Waals surface area contributed by atoms with Crippen LogP contribution in [-0.4, -0.2) is 69.0 Å². The molecule has 1 saturated heterocycles. The second-order valence-electron chi connectivity index (χ2n) is 7.33. The van der Waals surface area contributed by atoms with E-state index in [0.29, 0.717) is 36.6 Å². The normalized spacial score (nSPS) is 20.2. The van der Waals surface area contributed by atoms with Gasteiger partial charge in [-0.1, -0.05) is 24.3 Å². The van der Waals surface area contributed by atoms with Gasteiger partial charge in [0, 0.05) is 30.0 Å². The zero-order chi connectivity index (χ0) is 21.1. The van der Waals surface area contributed by atoms with Crippen molar-refractivity contribution < 1.29 is 17.9 Å². The van der Waals surface area contributed by atoms with Crippen LogP contribution in [0.4, 0.5) is 5.69 Å². The molecule has 160 valence electrons. The number of anilines is 1. The smallest absolute Gasteiger partial charge is 0.257 e. The van der Waals surface area contributed by atoms with E-state index < -0.39 is 10.0 Å². The maximum absolute atomic E-state index is 13.1. The first-order valence-electron chi connectivity index (χ1n) is 9.71. The highest BCUT2D eigenvalue weighted by molar-refractivity contribution is 7.92. The standard InChI is InChI=1S/C20H24N4O4S2/c1-30(26,27)22-16-6-3-2-5-15(16)17-13-18(19-7-4-12-29-19)24(21-17)20(25)14-23-8-10-28-11-9-23/h2-7,12,18,22H,8-11,13-14H2,1H3. The van der Waals surface area contributed by atoms with Crippen LogP contribution in [0.15, 0.2) is 46.9 Å². The summed E-state index contributed by atoms with van der Waals surface area (Å²) in [6, 6.07) is 10.9. The van der Waals surface area contributed by atoms with Gasteiger partial charge in [0.25, 0.3) is 5.91 Å². The molecule has 4 rings (SSSR count). The highest BCUT2D eigenvalue weighted by Gasteiger charge is 2.35. The van der Waals surface area contributed by atoms with Gasteiger partial charge in [0.1, 0.15) is 0 Å². The fourth-order valence-electron chi connectivity index (χ4n) is 3.65. The number of ether oxygens (including phenoxy) is 1. The molecule has 0 aliphatic carbocycles. The monoisotopic (exact) mass is 448 g/mol. The van der Waals surface area contributed by atoms with E-state index in [1.165, 1.54) is 0 Å². The molecule has 1 fully saturated rings. The Balaban J connectivity index is 1.63. The minimum atomic E-state index is -3.44. The summed E-state index contributed by atoms with van der Waals surface area (Å²) in [5.41, 5.74) is 1.84. The lowest BCUT2D eigenvalue weighted by atomic mass is 10.0. The lowest BCUT2D eigenvalue weighted by Crippen LogP contribution is -2.43. The molecule has 8 nitrogen and oxygen atoms in total. The molecule has 0 saturated carbocycles. The third-order valence-corrected chi connectivity index (χ3v) is 6.60. The molecular weight excluding hydrogens is 424 g/mol. The summed E-state index contributed by atoms with van der Waals surface area (Å²) in [6.07, 6.45) is 1.64. The quantitative estimate of drug-likeness (QED) is 0.731. The Kier molecular flexibility index (Phi) is 6.19. The first-order valence-corrected chi connectivity index (χ1v) is 12.5. The number of carbonyl (C=O) groups is 1. The second kappa shape index (κ2) is 8.84. The molecule has 1 aromatic heterocycles. The van der Waals surface area contributed by atoms with Crippen molar-refractivity contribution >= 4 is 38.7 Å². The molecule has 0 radical (unpaired) electrons. The van der Waals surface area contributed by atoms with E-state index in [0.717, 1.165) is 24.2 Å². The summed E-state index contributed by atoms with van der Waals surface area (Å²) < 4.78 is 31.5. The average Bonchev–Trinajstić information content (AvgIpc) is 3.38. The molecule has 2 aliphatic rings. The maximum Gasteiger partial charge on any atom is 0.257 e. The lowest BCUT2D eigenvalue weighted by molar-refractivity contribution is -0.135. The Hall–Kier alpha value is -2.27. The molecule has 1 atom stereocenters. The Labute approximate surface area is 180 Å². The van der Waals surface area contributed by atoms with E-state index >= 15 is 0 Å². The van der Waals surface area contributed by atoms with Crippen molar-refractivity contribution in [3.8, 4) is 0 Å². The van der Waals surface area contributed by atoms with Crippen molar-refractivity contribution in [2.75, 3.05) is 43.8 Å². The highest BCUT2D eigenvalue weighted by Crippen LogP contribution is 2.36. The van der Waals surface area contributed by atoms with Crippen LogP contribution in [-0.2, 0) is 19.6 Å². The second-order valence-corrected chi connectivity index (χ2v) is 10.1. The number of rotatable bonds is 6. The van der Waals surface area contributed by atoms with Crippen molar-refractivity contribution in [2.45, 2.75) is 12.5 Å². The van der Waals surface area contributed by atoms with Crippen LogP contribution in [0.3, 0.4) is 0 Å². The van der Waals surface area contributed by atoms with E-state index in [9.17, 15) is 13.2 Å².